The molecule has 1 unspecified atom stereocenters. The van der Waals surface area contributed by atoms with Crippen molar-refractivity contribution in [3.8, 4) is 11.5 Å². The number of thiazole rings is 1. The van der Waals surface area contributed by atoms with Crippen LogP contribution in [0.2, 0.25) is 0 Å². The predicted octanol–water partition coefficient (Wildman–Crippen LogP) is 5.89. The molecule has 3 aromatic rings. The van der Waals surface area contributed by atoms with Gasteiger partial charge < -0.3 is 9.47 Å². The molecule has 2 aliphatic heterocycles. The van der Waals surface area contributed by atoms with Gasteiger partial charge >= 0.3 is 6.18 Å². The average molecular weight is 638 g/mol. The zero-order chi connectivity index (χ0) is 32.0. The van der Waals surface area contributed by atoms with Crippen molar-refractivity contribution >= 4 is 44.8 Å². The fraction of sp³-hybridized carbons (Fsp3) is 0.414. The van der Waals surface area contributed by atoms with Gasteiger partial charge in [0.25, 0.3) is 5.91 Å². The molecule has 0 aliphatic carbocycles. The van der Waals surface area contributed by atoms with Gasteiger partial charge in [-0.05, 0) is 51.0 Å². The van der Waals surface area contributed by atoms with Crippen LogP contribution in [0.3, 0.4) is 0 Å². The molecule has 234 valence electrons. The van der Waals surface area contributed by atoms with Crippen molar-refractivity contribution in [2.24, 2.45) is 21.5 Å². The molecule has 15 heteroatoms. The van der Waals surface area contributed by atoms with Crippen molar-refractivity contribution in [3.05, 3.63) is 52.0 Å². The highest BCUT2D eigenvalue weighted by molar-refractivity contribution is 7.19. The minimum absolute atomic E-state index is 0.0191. The number of amides is 2. The molecule has 1 aromatic heterocycles. The van der Waals surface area contributed by atoms with Crippen LogP contribution in [0.1, 0.15) is 56.2 Å². The van der Waals surface area contributed by atoms with E-state index in [9.17, 15) is 31.5 Å². The topological polar surface area (TPSA) is 105 Å². The molecule has 1 atom stereocenters. The molecule has 0 radical (unpaired) electrons. The Morgan fingerprint density at radius 2 is 1.77 bits per heavy atom. The highest BCUT2D eigenvalue weighted by Crippen LogP contribution is 2.43. The largest absolute Gasteiger partial charge is 0.494 e. The summed E-state index contributed by atoms with van der Waals surface area (Å²) in [5.41, 5.74) is 2.01. The Labute approximate surface area is 252 Å². The van der Waals surface area contributed by atoms with Gasteiger partial charge in [0.1, 0.15) is 11.3 Å². The van der Waals surface area contributed by atoms with Gasteiger partial charge in [-0.15, -0.1) is 11.3 Å². The van der Waals surface area contributed by atoms with E-state index in [1.165, 1.54) is 30.3 Å². The van der Waals surface area contributed by atoms with Crippen LogP contribution >= 0.6 is 11.3 Å². The summed E-state index contributed by atoms with van der Waals surface area (Å²) in [5, 5.41) is 8.58. The van der Waals surface area contributed by atoms with E-state index < -0.39 is 28.2 Å². The molecule has 9 nitrogen and oxygen atoms in total. The monoisotopic (exact) mass is 637 g/mol. The number of hydrogen-bond donors (Lipinski definition) is 1. The number of carbonyl (C=O) groups excluding carboxylic acids is 2. The van der Waals surface area contributed by atoms with Gasteiger partial charge in [0.15, 0.2) is 16.6 Å². The molecule has 44 heavy (non-hydrogen) atoms. The van der Waals surface area contributed by atoms with Gasteiger partial charge in [-0.2, -0.15) is 27.8 Å². The standard InChI is InChI=1S/C29H28F5N5O4S/c1-14-13-19(40)36-37-22(14)15-7-9-17(21(31)20(15)30)43-12-6-5-11-39-27(41)28(2,3)25(38-39)16-8-10-18(42-4)23-24(16)44-26(35-23)29(32,33)34/h7-10,14H,5-6,11-13H2,1-4H3,(H,36,40). The van der Waals surface area contributed by atoms with Crippen LogP contribution < -0.4 is 14.9 Å². The number of methoxy groups -OCH3 is 1. The first-order chi connectivity index (χ1) is 20.7. The number of nitrogens with one attached hydrogen (secondary N) is 1. The molecule has 0 saturated heterocycles. The van der Waals surface area contributed by atoms with Gasteiger partial charge in [0, 0.05) is 30.0 Å². The smallest absolute Gasteiger partial charge is 0.443 e. The summed E-state index contributed by atoms with van der Waals surface area (Å²) >= 11 is 0.460. The lowest BCUT2D eigenvalue weighted by Crippen LogP contribution is -2.35. The summed E-state index contributed by atoms with van der Waals surface area (Å²) in [7, 11) is 1.34. The van der Waals surface area contributed by atoms with Crippen LogP contribution in [-0.4, -0.2) is 53.5 Å². The molecule has 2 amide bonds. The summed E-state index contributed by atoms with van der Waals surface area (Å²) in [6.45, 7) is 5.18. The molecule has 1 N–H and O–H groups in total. The number of hydrogen-bond acceptors (Lipinski definition) is 8. The van der Waals surface area contributed by atoms with Crippen LogP contribution in [0.5, 0.6) is 11.5 Å². The van der Waals surface area contributed by atoms with Crippen LogP contribution in [0.25, 0.3) is 10.2 Å². The summed E-state index contributed by atoms with van der Waals surface area (Å²) in [4.78, 5) is 28.5. The maximum atomic E-state index is 14.8. The molecule has 0 fully saturated rings. The third-order valence-corrected chi connectivity index (χ3v) is 8.54. The Kier molecular flexibility index (Phi) is 8.35. The van der Waals surface area contributed by atoms with Crippen molar-refractivity contribution in [1.29, 1.82) is 0 Å². The van der Waals surface area contributed by atoms with Gasteiger partial charge in [-0.3, -0.25) is 9.59 Å². The van der Waals surface area contributed by atoms with E-state index in [2.05, 4.69) is 20.6 Å². The van der Waals surface area contributed by atoms with E-state index in [1.807, 2.05) is 0 Å². The average Bonchev–Trinajstić information content (AvgIpc) is 3.51. The molecule has 2 aliphatic rings. The van der Waals surface area contributed by atoms with Crippen LogP contribution in [0.15, 0.2) is 34.5 Å². The molecular formula is C29H28F5N5O4S. The van der Waals surface area contributed by atoms with Gasteiger partial charge in [0.2, 0.25) is 11.7 Å². The van der Waals surface area contributed by atoms with E-state index in [0.717, 1.165) is 0 Å². The maximum absolute atomic E-state index is 14.8. The third kappa shape index (κ3) is 5.72. The number of ether oxygens (including phenoxy) is 2. The Balaban J connectivity index is 1.26. The number of benzene rings is 2. The van der Waals surface area contributed by atoms with E-state index >= 15 is 0 Å². The van der Waals surface area contributed by atoms with Gasteiger partial charge in [-0.25, -0.2) is 19.8 Å². The van der Waals surface area contributed by atoms with E-state index in [0.29, 0.717) is 35.5 Å². The number of alkyl halides is 3. The second-order valence-electron chi connectivity index (χ2n) is 10.9. The minimum atomic E-state index is -4.65. The van der Waals surface area contributed by atoms with Crippen molar-refractivity contribution < 1.29 is 41.0 Å². The summed E-state index contributed by atoms with van der Waals surface area (Å²) < 4.78 is 80.9. The lowest BCUT2D eigenvalue weighted by Gasteiger charge is -2.20. The second-order valence-corrected chi connectivity index (χ2v) is 11.9. The molecule has 3 heterocycles. The fourth-order valence-electron chi connectivity index (χ4n) is 5.08. The molecule has 0 saturated carbocycles. The maximum Gasteiger partial charge on any atom is 0.443 e. The Morgan fingerprint density at radius 3 is 2.45 bits per heavy atom. The highest BCUT2D eigenvalue weighted by atomic mass is 32.1. The number of hydrazone groups is 2. The third-order valence-electron chi connectivity index (χ3n) is 7.41. The molecule has 2 aromatic carbocycles. The van der Waals surface area contributed by atoms with Gasteiger partial charge in [-0.1, -0.05) is 6.92 Å². The first-order valence-corrected chi connectivity index (χ1v) is 14.5. The minimum Gasteiger partial charge on any atom is -0.494 e. The number of rotatable bonds is 9. The van der Waals surface area contributed by atoms with E-state index in [1.54, 1.807) is 26.8 Å². The molecular weight excluding hydrogens is 609 g/mol. The number of fused-ring (bicyclic) bond motifs is 1. The summed E-state index contributed by atoms with van der Waals surface area (Å²) in [6, 6.07) is 5.71. The Bertz CT molecular complexity index is 1700. The van der Waals surface area contributed by atoms with Gasteiger partial charge in [0.05, 0.1) is 35.3 Å². The SMILES string of the molecule is COc1ccc(C2=NN(CCCCOc3ccc(C4=NNC(=O)CC4C)c(F)c3F)C(=O)C2(C)C)c2sc(C(F)(F)F)nc12. The first-order valence-electron chi connectivity index (χ1n) is 13.7. The number of nitrogens with zero attached hydrogens (tertiary/aromatic N) is 4. The Morgan fingerprint density at radius 1 is 1.07 bits per heavy atom. The van der Waals surface area contributed by atoms with Crippen molar-refractivity contribution in [2.75, 3.05) is 20.3 Å². The lowest BCUT2D eigenvalue weighted by atomic mass is 9.83. The second kappa shape index (κ2) is 11.7. The molecule has 5 rings (SSSR count). The van der Waals surface area contributed by atoms with Crippen molar-refractivity contribution in [3.63, 3.8) is 0 Å². The first kappa shape index (κ1) is 31.3. The number of unbranched alkanes of at least 4 members (excludes halogenated alkanes) is 1. The zero-order valence-electron chi connectivity index (χ0n) is 24.1. The fourth-order valence-corrected chi connectivity index (χ4v) is 6.04. The van der Waals surface area contributed by atoms with Crippen LogP contribution in [0, 0.1) is 23.0 Å². The van der Waals surface area contributed by atoms with Crippen molar-refractivity contribution in [2.45, 2.75) is 46.2 Å². The van der Waals surface area contributed by atoms with E-state index in [-0.39, 0.29) is 70.3 Å². The van der Waals surface area contributed by atoms with E-state index in [4.69, 9.17) is 9.47 Å². The normalized spacial score (nSPS) is 18.4. The lowest BCUT2D eigenvalue weighted by molar-refractivity contribution is -0.137. The van der Waals surface area contributed by atoms with Crippen LogP contribution in [0.4, 0.5) is 22.0 Å². The Hall–Kier alpha value is -4.14. The summed E-state index contributed by atoms with van der Waals surface area (Å²) in [6.07, 6.45) is -3.79. The number of halogens is 5. The number of aromatic nitrogens is 1. The molecule has 0 bridgehead atoms. The highest BCUT2D eigenvalue weighted by Gasteiger charge is 2.45. The number of carbonyl (C=O) groups is 2. The van der Waals surface area contributed by atoms with Crippen molar-refractivity contribution in [1.82, 2.24) is 15.4 Å². The predicted molar refractivity (Wildman–Crippen MR) is 153 cm³/mol. The quantitative estimate of drug-likeness (QED) is 0.233. The molecule has 0 spiro atoms. The summed E-state index contributed by atoms with van der Waals surface area (Å²) in [5.74, 6) is -3.45. The zero-order valence-corrected chi connectivity index (χ0v) is 25.0. The van der Waals surface area contributed by atoms with Crippen LogP contribution in [-0.2, 0) is 15.8 Å².